The van der Waals surface area contributed by atoms with Gasteiger partial charge in [-0.2, -0.15) is 0 Å². The molecule has 1 aliphatic rings. The maximum atomic E-state index is 10.3. The number of aromatic nitrogens is 2. The molecule has 4 heteroatoms. The van der Waals surface area contributed by atoms with E-state index in [0.29, 0.717) is 5.69 Å². The Balaban J connectivity index is 2.00. The molecular formula is C18H15N3O. The number of para-hydroxylation sites is 2. The summed E-state index contributed by atoms with van der Waals surface area (Å²) in [5.74, 6) is 1.88. The molecule has 0 spiro atoms. The van der Waals surface area contributed by atoms with Crippen LogP contribution >= 0.6 is 0 Å². The van der Waals surface area contributed by atoms with Crippen LogP contribution in [-0.2, 0) is 6.42 Å². The predicted octanol–water partition coefficient (Wildman–Crippen LogP) is 3.86. The van der Waals surface area contributed by atoms with Crippen LogP contribution in [0.25, 0.3) is 0 Å². The molecule has 0 aliphatic carbocycles. The van der Waals surface area contributed by atoms with Gasteiger partial charge in [0, 0.05) is 24.4 Å². The van der Waals surface area contributed by atoms with Gasteiger partial charge in [0.1, 0.15) is 17.4 Å². The summed E-state index contributed by atoms with van der Waals surface area (Å²) in [7, 11) is 0. The zero-order valence-electron chi connectivity index (χ0n) is 12.2. The van der Waals surface area contributed by atoms with E-state index in [1.165, 1.54) is 0 Å². The summed E-state index contributed by atoms with van der Waals surface area (Å²) in [5.41, 5.74) is 4.09. The van der Waals surface area contributed by atoms with E-state index in [9.17, 15) is 5.11 Å². The van der Waals surface area contributed by atoms with Crippen LogP contribution in [0, 0.1) is 6.92 Å². The first kappa shape index (κ1) is 12.8. The van der Waals surface area contributed by atoms with E-state index >= 15 is 0 Å². The Morgan fingerprint density at radius 2 is 1.82 bits per heavy atom. The number of phenolic OH excluding ortho intramolecular Hbond substituents is 1. The molecule has 0 atom stereocenters. The highest BCUT2D eigenvalue weighted by Gasteiger charge is 2.27. The van der Waals surface area contributed by atoms with Crippen LogP contribution in [0.4, 0.5) is 17.3 Å². The van der Waals surface area contributed by atoms with Gasteiger partial charge in [0.2, 0.25) is 0 Å². The van der Waals surface area contributed by atoms with Crippen molar-refractivity contribution >= 4 is 17.3 Å². The summed E-state index contributed by atoms with van der Waals surface area (Å²) < 4.78 is 0. The van der Waals surface area contributed by atoms with Crippen molar-refractivity contribution in [2.75, 3.05) is 4.90 Å². The average molecular weight is 289 g/mol. The third-order valence-electron chi connectivity index (χ3n) is 3.87. The standard InChI is InChI=1S/C18H15N3O/c1-12-9-14-10-13-5-4-8-19-17(13)21(18(14)20-11-12)15-6-2-3-7-16(15)22/h2-9,11,22H,10H2,1H3. The van der Waals surface area contributed by atoms with Gasteiger partial charge in [-0.05, 0) is 36.2 Å². The fraction of sp³-hybridized carbons (Fsp3) is 0.111. The summed E-state index contributed by atoms with van der Waals surface area (Å²) in [6.07, 6.45) is 4.42. The quantitative estimate of drug-likeness (QED) is 0.578. The van der Waals surface area contributed by atoms with Crippen molar-refractivity contribution in [3.05, 3.63) is 71.5 Å². The molecule has 0 saturated heterocycles. The number of anilines is 3. The van der Waals surface area contributed by atoms with Gasteiger partial charge in [-0.15, -0.1) is 0 Å². The smallest absolute Gasteiger partial charge is 0.142 e. The molecule has 3 heterocycles. The molecule has 3 aromatic rings. The van der Waals surface area contributed by atoms with E-state index in [2.05, 4.69) is 22.1 Å². The van der Waals surface area contributed by atoms with E-state index in [1.54, 1.807) is 12.3 Å². The van der Waals surface area contributed by atoms with Crippen molar-refractivity contribution < 1.29 is 5.11 Å². The summed E-state index contributed by atoms with van der Waals surface area (Å²) in [6, 6.07) is 13.4. The Bertz CT molecular complexity index is 849. The van der Waals surface area contributed by atoms with Gasteiger partial charge >= 0.3 is 0 Å². The Morgan fingerprint density at radius 1 is 1.00 bits per heavy atom. The first-order chi connectivity index (χ1) is 10.7. The van der Waals surface area contributed by atoms with Crippen molar-refractivity contribution in [3.8, 4) is 5.75 Å². The maximum absolute atomic E-state index is 10.3. The van der Waals surface area contributed by atoms with Gasteiger partial charge < -0.3 is 5.11 Å². The molecule has 22 heavy (non-hydrogen) atoms. The molecule has 1 N–H and O–H groups in total. The van der Waals surface area contributed by atoms with Crippen molar-refractivity contribution in [2.45, 2.75) is 13.3 Å². The highest BCUT2D eigenvalue weighted by Crippen LogP contribution is 2.44. The zero-order chi connectivity index (χ0) is 15.1. The van der Waals surface area contributed by atoms with E-state index in [4.69, 9.17) is 0 Å². The number of rotatable bonds is 1. The Labute approximate surface area is 128 Å². The second kappa shape index (κ2) is 4.84. The SMILES string of the molecule is Cc1cnc2c(c1)Cc1cccnc1N2c1ccccc1O. The number of aryl methyl sites for hydroxylation is 1. The summed E-state index contributed by atoms with van der Waals surface area (Å²) in [4.78, 5) is 11.0. The van der Waals surface area contributed by atoms with Crippen LogP contribution in [0.2, 0.25) is 0 Å². The van der Waals surface area contributed by atoms with Gasteiger partial charge in [-0.25, -0.2) is 9.97 Å². The van der Waals surface area contributed by atoms with Gasteiger partial charge in [-0.1, -0.05) is 24.3 Å². The number of nitrogens with zero attached hydrogens (tertiary/aromatic N) is 3. The molecule has 0 saturated carbocycles. The second-order valence-electron chi connectivity index (χ2n) is 5.48. The Hall–Kier alpha value is -2.88. The van der Waals surface area contributed by atoms with E-state index in [-0.39, 0.29) is 5.75 Å². The molecule has 1 aromatic carbocycles. The minimum Gasteiger partial charge on any atom is -0.506 e. The van der Waals surface area contributed by atoms with Gasteiger partial charge in [-0.3, -0.25) is 4.90 Å². The monoisotopic (exact) mass is 289 g/mol. The molecule has 0 radical (unpaired) electrons. The van der Waals surface area contributed by atoms with Gasteiger partial charge in [0.05, 0.1) is 5.69 Å². The number of hydrogen-bond donors (Lipinski definition) is 1. The summed E-state index contributed by atoms with van der Waals surface area (Å²) >= 11 is 0. The van der Waals surface area contributed by atoms with Crippen LogP contribution in [0.3, 0.4) is 0 Å². The summed E-state index contributed by atoms with van der Waals surface area (Å²) in [5, 5.41) is 10.3. The third-order valence-corrected chi connectivity index (χ3v) is 3.87. The molecular weight excluding hydrogens is 274 g/mol. The van der Waals surface area contributed by atoms with Gasteiger partial charge in [0.15, 0.2) is 0 Å². The topological polar surface area (TPSA) is 49.2 Å². The fourth-order valence-electron chi connectivity index (χ4n) is 2.91. The number of pyridine rings is 2. The number of hydrogen-bond acceptors (Lipinski definition) is 4. The molecule has 2 aromatic heterocycles. The maximum Gasteiger partial charge on any atom is 0.142 e. The van der Waals surface area contributed by atoms with Crippen LogP contribution in [0.15, 0.2) is 54.9 Å². The lowest BCUT2D eigenvalue weighted by Gasteiger charge is -2.31. The number of aromatic hydroxyl groups is 1. The van der Waals surface area contributed by atoms with Crippen molar-refractivity contribution in [1.29, 1.82) is 0 Å². The van der Waals surface area contributed by atoms with Crippen LogP contribution < -0.4 is 4.90 Å². The minimum absolute atomic E-state index is 0.217. The van der Waals surface area contributed by atoms with Gasteiger partial charge in [0.25, 0.3) is 0 Å². The third kappa shape index (κ3) is 1.92. The van der Waals surface area contributed by atoms with Crippen molar-refractivity contribution in [2.24, 2.45) is 0 Å². The van der Waals surface area contributed by atoms with Crippen LogP contribution in [0.1, 0.15) is 16.7 Å². The molecule has 0 amide bonds. The molecule has 4 nitrogen and oxygen atoms in total. The van der Waals surface area contributed by atoms with E-state index in [0.717, 1.165) is 34.7 Å². The summed E-state index contributed by atoms with van der Waals surface area (Å²) in [6.45, 7) is 2.04. The lowest BCUT2D eigenvalue weighted by molar-refractivity contribution is 0.476. The minimum atomic E-state index is 0.217. The lowest BCUT2D eigenvalue weighted by Crippen LogP contribution is -2.21. The first-order valence-electron chi connectivity index (χ1n) is 7.21. The van der Waals surface area contributed by atoms with E-state index < -0.39 is 0 Å². The van der Waals surface area contributed by atoms with Crippen molar-refractivity contribution in [3.63, 3.8) is 0 Å². The zero-order valence-corrected chi connectivity index (χ0v) is 12.2. The number of phenols is 1. The Kier molecular flexibility index (Phi) is 2.82. The number of fused-ring (bicyclic) bond motifs is 2. The lowest BCUT2D eigenvalue weighted by atomic mass is 9.99. The normalized spacial score (nSPS) is 12.7. The van der Waals surface area contributed by atoms with Crippen molar-refractivity contribution in [1.82, 2.24) is 9.97 Å². The number of benzene rings is 1. The molecule has 108 valence electrons. The largest absolute Gasteiger partial charge is 0.506 e. The average Bonchev–Trinajstić information content (AvgIpc) is 2.53. The van der Waals surface area contributed by atoms with Crippen LogP contribution in [-0.4, -0.2) is 15.1 Å². The highest BCUT2D eigenvalue weighted by atomic mass is 16.3. The highest BCUT2D eigenvalue weighted by molar-refractivity contribution is 5.81. The first-order valence-corrected chi connectivity index (χ1v) is 7.21. The molecule has 0 fully saturated rings. The Morgan fingerprint density at radius 3 is 2.68 bits per heavy atom. The molecule has 0 bridgehead atoms. The molecule has 1 aliphatic heterocycles. The second-order valence-corrected chi connectivity index (χ2v) is 5.48. The predicted molar refractivity (Wildman–Crippen MR) is 85.9 cm³/mol. The molecule has 4 rings (SSSR count). The fourth-order valence-corrected chi connectivity index (χ4v) is 2.91. The van der Waals surface area contributed by atoms with Crippen LogP contribution in [0.5, 0.6) is 5.75 Å². The van der Waals surface area contributed by atoms with E-state index in [1.807, 2.05) is 42.3 Å². The molecule has 0 unspecified atom stereocenters.